The Morgan fingerprint density at radius 2 is 1.76 bits per heavy atom. The van der Waals surface area contributed by atoms with E-state index in [1.165, 1.54) is 23.7 Å². The van der Waals surface area contributed by atoms with Crippen molar-refractivity contribution in [2.45, 2.75) is 57.3 Å². The van der Waals surface area contributed by atoms with E-state index in [9.17, 15) is 4.79 Å². The zero-order valence-electron chi connectivity index (χ0n) is 19.4. The highest BCUT2D eigenvalue weighted by Crippen LogP contribution is 2.27. The summed E-state index contributed by atoms with van der Waals surface area (Å²) < 4.78 is 8.15. The van der Waals surface area contributed by atoms with Crippen LogP contribution < -0.4 is 4.74 Å². The summed E-state index contributed by atoms with van der Waals surface area (Å²) in [5.41, 5.74) is 2.44. The first kappa shape index (κ1) is 23.4. The van der Waals surface area contributed by atoms with Gasteiger partial charge in [0.25, 0.3) is 0 Å². The molecule has 0 spiro atoms. The van der Waals surface area contributed by atoms with E-state index in [-0.39, 0.29) is 11.9 Å². The van der Waals surface area contributed by atoms with Crippen molar-refractivity contribution < 1.29 is 9.53 Å². The Kier molecular flexibility index (Phi) is 8.05. The first-order valence-electron chi connectivity index (χ1n) is 11.8. The molecule has 2 aromatic carbocycles. The number of hydrogen-bond donors (Lipinski definition) is 0. The minimum absolute atomic E-state index is 0.0230. The first-order chi connectivity index (χ1) is 16.2. The minimum atomic E-state index is 0.0230. The van der Waals surface area contributed by atoms with Crippen LogP contribution in [0.15, 0.2) is 59.8 Å². The zero-order chi connectivity index (χ0) is 23.0. The fraction of sp³-hybridized carbons (Fsp3) is 0.423. The van der Waals surface area contributed by atoms with Gasteiger partial charge in [0.15, 0.2) is 11.0 Å². The van der Waals surface area contributed by atoms with Crippen LogP contribution >= 0.6 is 11.8 Å². The van der Waals surface area contributed by atoms with E-state index in [1.54, 1.807) is 0 Å². The standard InChI is InChI=1S/C26H32N4O2S/c1-3-21-12-14-23(15-13-21)32-18-24-27-28-26(30(24)20(2)22-10-6-4-7-11-22)33-19-25(31)29-16-8-5-9-17-29/h4,6-7,10-15,20H,3,5,8-9,16-19H2,1-2H3. The van der Waals surface area contributed by atoms with Gasteiger partial charge in [-0.3, -0.25) is 9.36 Å². The molecule has 1 atom stereocenters. The third kappa shape index (κ3) is 5.96. The summed E-state index contributed by atoms with van der Waals surface area (Å²) in [5.74, 6) is 2.11. The molecule has 0 saturated carbocycles. The largest absolute Gasteiger partial charge is 0.486 e. The molecule has 0 N–H and O–H groups in total. The Balaban J connectivity index is 1.51. The van der Waals surface area contributed by atoms with E-state index in [0.717, 1.165) is 54.6 Å². The van der Waals surface area contributed by atoms with Crippen molar-refractivity contribution in [2.24, 2.45) is 0 Å². The number of carbonyl (C=O) groups excluding carboxylic acids is 1. The van der Waals surface area contributed by atoms with Gasteiger partial charge in [0.05, 0.1) is 11.8 Å². The van der Waals surface area contributed by atoms with Crippen molar-refractivity contribution in [3.63, 3.8) is 0 Å². The Morgan fingerprint density at radius 3 is 2.45 bits per heavy atom. The molecular weight excluding hydrogens is 432 g/mol. The summed E-state index contributed by atoms with van der Waals surface area (Å²) in [4.78, 5) is 14.7. The number of rotatable bonds is 9. The number of hydrogen-bond acceptors (Lipinski definition) is 5. The van der Waals surface area contributed by atoms with Crippen LogP contribution in [0.25, 0.3) is 0 Å². The lowest BCUT2D eigenvalue weighted by Gasteiger charge is -2.26. The van der Waals surface area contributed by atoms with Gasteiger partial charge in [-0.15, -0.1) is 10.2 Å². The lowest BCUT2D eigenvalue weighted by Crippen LogP contribution is -2.36. The predicted octanol–water partition coefficient (Wildman–Crippen LogP) is 5.13. The van der Waals surface area contributed by atoms with Gasteiger partial charge in [-0.05, 0) is 55.9 Å². The van der Waals surface area contributed by atoms with E-state index in [0.29, 0.717) is 12.4 Å². The van der Waals surface area contributed by atoms with Gasteiger partial charge in [-0.1, -0.05) is 61.2 Å². The number of nitrogens with zero attached hydrogens (tertiary/aromatic N) is 4. The molecule has 1 amide bonds. The molecule has 4 rings (SSSR count). The molecule has 1 fully saturated rings. The maximum absolute atomic E-state index is 12.7. The third-order valence-electron chi connectivity index (χ3n) is 6.14. The van der Waals surface area contributed by atoms with Crippen molar-refractivity contribution >= 4 is 17.7 Å². The SMILES string of the molecule is CCc1ccc(OCc2nnc(SCC(=O)N3CCCCC3)n2C(C)c2ccccc2)cc1. The summed E-state index contributed by atoms with van der Waals surface area (Å²) in [5, 5.41) is 9.64. The molecule has 174 valence electrons. The third-order valence-corrected chi connectivity index (χ3v) is 7.07. The number of piperidine rings is 1. The molecule has 0 radical (unpaired) electrons. The van der Waals surface area contributed by atoms with E-state index < -0.39 is 0 Å². The number of thioether (sulfide) groups is 1. The van der Waals surface area contributed by atoms with Crippen LogP contribution in [-0.2, 0) is 17.8 Å². The highest BCUT2D eigenvalue weighted by atomic mass is 32.2. The lowest BCUT2D eigenvalue weighted by molar-refractivity contribution is -0.129. The number of likely N-dealkylation sites (tertiary alicyclic amines) is 1. The topological polar surface area (TPSA) is 60.3 Å². The fourth-order valence-corrected chi connectivity index (χ4v) is 5.04. The molecule has 1 aliphatic rings. The maximum atomic E-state index is 12.7. The van der Waals surface area contributed by atoms with Crippen LogP contribution in [-0.4, -0.2) is 44.4 Å². The molecule has 7 heteroatoms. The second-order valence-electron chi connectivity index (χ2n) is 8.37. The Morgan fingerprint density at radius 1 is 1.03 bits per heavy atom. The quantitative estimate of drug-likeness (QED) is 0.411. The smallest absolute Gasteiger partial charge is 0.233 e. The molecule has 1 unspecified atom stereocenters. The Bertz CT molecular complexity index is 1030. The van der Waals surface area contributed by atoms with Gasteiger partial charge in [0.1, 0.15) is 12.4 Å². The summed E-state index contributed by atoms with van der Waals surface area (Å²) in [6.07, 6.45) is 4.40. The molecule has 0 aliphatic carbocycles. The monoisotopic (exact) mass is 464 g/mol. The molecule has 33 heavy (non-hydrogen) atoms. The highest BCUT2D eigenvalue weighted by Gasteiger charge is 2.22. The normalized spacial score (nSPS) is 14.8. The van der Waals surface area contributed by atoms with Crippen LogP contribution in [0.5, 0.6) is 5.75 Å². The van der Waals surface area contributed by atoms with Crippen LogP contribution in [0, 0.1) is 0 Å². The van der Waals surface area contributed by atoms with Crippen LogP contribution in [0.4, 0.5) is 0 Å². The molecule has 6 nitrogen and oxygen atoms in total. The number of amides is 1. The van der Waals surface area contributed by atoms with Gasteiger partial charge < -0.3 is 9.64 Å². The molecule has 2 heterocycles. The first-order valence-corrected chi connectivity index (χ1v) is 12.7. The van der Waals surface area contributed by atoms with Gasteiger partial charge in [0.2, 0.25) is 5.91 Å². The maximum Gasteiger partial charge on any atom is 0.233 e. The van der Waals surface area contributed by atoms with Gasteiger partial charge in [-0.2, -0.15) is 0 Å². The average molecular weight is 465 g/mol. The molecule has 0 bridgehead atoms. The predicted molar refractivity (Wildman–Crippen MR) is 132 cm³/mol. The average Bonchev–Trinajstić information content (AvgIpc) is 3.29. The summed E-state index contributed by atoms with van der Waals surface area (Å²) >= 11 is 1.46. The lowest BCUT2D eigenvalue weighted by atomic mass is 10.1. The van der Waals surface area contributed by atoms with E-state index in [1.807, 2.05) is 35.2 Å². The molecule has 1 aliphatic heterocycles. The highest BCUT2D eigenvalue weighted by molar-refractivity contribution is 7.99. The number of ether oxygens (including phenoxy) is 1. The summed E-state index contributed by atoms with van der Waals surface area (Å²) in [6.45, 7) is 6.31. The van der Waals surface area contributed by atoms with Crippen molar-refractivity contribution in [1.29, 1.82) is 0 Å². The van der Waals surface area contributed by atoms with E-state index >= 15 is 0 Å². The molecule has 3 aromatic rings. The number of aryl methyl sites for hydroxylation is 1. The second kappa shape index (κ2) is 11.4. The molecule has 1 aromatic heterocycles. The number of aromatic nitrogens is 3. The van der Waals surface area contributed by atoms with Gasteiger partial charge in [-0.25, -0.2) is 0 Å². The van der Waals surface area contributed by atoms with Crippen molar-refractivity contribution in [3.05, 3.63) is 71.5 Å². The summed E-state index contributed by atoms with van der Waals surface area (Å²) in [6, 6.07) is 18.5. The minimum Gasteiger partial charge on any atom is -0.486 e. The van der Waals surface area contributed by atoms with Crippen LogP contribution in [0.1, 0.15) is 56.1 Å². The zero-order valence-corrected chi connectivity index (χ0v) is 20.3. The van der Waals surface area contributed by atoms with Gasteiger partial charge >= 0.3 is 0 Å². The van der Waals surface area contributed by atoms with E-state index in [2.05, 4.69) is 52.9 Å². The Labute approximate surface area is 200 Å². The van der Waals surface area contributed by atoms with Crippen molar-refractivity contribution in [1.82, 2.24) is 19.7 Å². The van der Waals surface area contributed by atoms with Crippen LogP contribution in [0.3, 0.4) is 0 Å². The van der Waals surface area contributed by atoms with Crippen molar-refractivity contribution in [2.75, 3.05) is 18.8 Å². The summed E-state index contributed by atoms with van der Waals surface area (Å²) in [7, 11) is 0. The van der Waals surface area contributed by atoms with Crippen molar-refractivity contribution in [3.8, 4) is 5.75 Å². The van der Waals surface area contributed by atoms with Gasteiger partial charge in [0, 0.05) is 13.1 Å². The van der Waals surface area contributed by atoms with E-state index in [4.69, 9.17) is 4.74 Å². The molecular formula is C26H32N4O2S. The number of benzene rings is 2. The molecule has 1 saturated heterocycles. The fourth-order valence-electron chi connectivity index (χ4n) is 4.10. The van der Waals surface area contributed by atoms with Crippen LogP contribution in [0.2, 0.25) is 0 Å². The second-order valence-corrected chi connectivity index (χ2v) is 9.31. The number of carbonyl (C=O) groups is 1. The Hall–Kier alpha value is -2.80.